The van der Waals surface area contributed by atoms with Gasteiger partial charge in [0.25, 0.3) is 0 Å². The van der Waals surface area contributed by atoms with Crippen molar-refractivity contribution < 1.29 is 0 Å². The highest BCUT2D eigenvalue weighted by Crippen LogP contribution is 2.25. The minimum absolute atomic E-state index is 0.327. The van der Waals surface area contributed by atoms with E-state index < -0.39 is 0 Å². The van der Waals surface area contributed by atoms with Gasteiger partial charge in [-0.1, -0.05) is 0 Å². The van der Waals surface area contributed by atoms with Crippen molar-refractivity contribution in [2.24, 2.45) is 0 Å². The van der Waals surface area contributed by atoms with Gasteiger partial charge in [-0.15, -0.1) is 0 Å². The largest absolute Gasteiger partial charge is 0.383 e. The Balaban J connectivity index is 2.47. The van der Waals surface area contributed by atoms with Gasteiger partial charge >= 0.3 is 0 Å². The summed E-state index contributed by atoms with van der Waals surface area (Å²) in [5.41, 5.74) is 7.84. The fourth-order valence-electron chi connectivity index (χ4n) is 1.51. The molecule has 2 heterocycles. The first kappa shape index (κ1) is 9.71. The van der Waals surface area contributed by atoms with Crippen LogP contribution in [0.3, 0.4) is 0 Å². The molecule has 0 unspecified atom stereocenters. The second-order valence-corrected chi connectivity index (χ2v) is 3.72. The van der Waals surface area contributed by atoms with Crippen molar-refractivity contribution in [2.75, 3.05) is 5.73 Å². The van der Waals surface area contributed by atoms with E-state index in [9.17, 15) is 0 Å². The Morgan fingerprint density at radius 1 is 1.27 bits per heavy atom. The molecule has 4 heteroatoms. The number of hydrogen-bond acceptors (Lipinski definition) is 3. The normalized spacial score (nSPS) is 10.9. The molecule has 15 heavy (non-hydrogen) atoms. The first-order valence-corrected chi connectivity index (χ1v) is 4.93. The molecule has 0 saturated carbocycles. The molecule has 0 fully saturated rings. The Morgan fingerprint density at radius 2 is 1.93 bits per heavy atom. The van der Waals surface area contributed by atoms with Crippen molar-refractivity contribution in [2.45, 2.75) is 19.9 Å². The number of nitrogens with zero attached hydrogens (tertiary/aromatic N) is 3. The van der Waals surface area contributed by atoms with Crippen LogP contribution in [0, 0.1) is 0 Å². The predicted molar refractivity (Wildman–Crippen MR) is 60.3 cm³/mol. The molecule has 2 N–H and O–H groups in total. The molecule has 2 aromatic heterocycles. The van der Waals surface area contributed by atoms with Crippen molar-refractivity contribution in [3.05, 3.63) is 30.9 Å². The summed E-state index contributed by atoms with van der Waals surface area (Å²) in [6, 6.07) is 4.14. The zero-order chi connectivity index (χ0) is 10.8. The highest BCUT2D eigenvalue weighted by atomic mass is 15.1. The summed E-state index contributed by atoms with van der Waals surface area (Å²) < 4.78 is 1.95. The third-order valence-electron chi connectivity index (χ3n) is 2.34. The van der Waals surface area contributed by atoms with E-state index >= 15 is 0 Å². The highest BCUT2D eigenvalue weighted by molar-refractivity contribution is 5.69. The van der Waals surface area contributed by atoms with Crippen molar-refractivity contribution in [3.63, 3.8) is 0 Å². The van der Waals surface area contributed by atoms with Crippen LogP contribution in [0.15, 0.2) is 30.9 Å². The molecule has 2 aromatic rings. The van der Waals surface area contributed by atoms with Gasteiger partial charge in [0, 0.05) is 24.0 Å². The molecule has 0 atom stereocenters. The zero-order valence-electron chi connectivity index (χ0n) is 8.88. The molecule has 4 nitrogen and oxygen atoms in total. The van der Waals surface area contributed by atoms with E-state index in [-0.39, 0.29) is 0 Å². The number of hydrogen-bond donors (Lipinski definition) is 1. The maximum absolute atomic E-state index is 6.02. The number of rotatable bonds is 2. The van der Waals surface area contributed by atoms with E-state index in [0.29, 0.717) is 11.9 Å². The average molecular weight is 202 g/mol. The lowest BCUT2D eigenvalue weighted by Crippen LogP contribution is -2.04. The lowest BCUT2D eigenvalue weighted by atomic mass is 10.2. The van der Waals surface area contributed by atoms with Crippen molar-refractivity contribution in [3.8, 4) is 11.3 Å². The topological polar surface area (TPSA) is 56.7 Å². The molecular formula is C11H14N4. The molecule has 2 rings (SSSR count). The van der Waals surface area contributed by atoms with E-state index in [1.807, 2.05) is 16.7 Å². The van der Waals surface area contributed by atoms with Gasteiger partial charge in [0.2, 0.25) is 0 Å². The summed E-state index contributed by atoms with van der Waals surface area (Å²) in [5.74, 6) is 0.705. The maximum Gasteiger partial charge on any atom is 0.131 e. The molecule has 78 valence electrons. The summed E-state index contributed by atoms with van der Waals surface area (Å²) in [5, 5.41) is 0. The lowest BCUT2D eigenvalue weighted by Gasteiger charge is -2.08. The second-order valence-electron chi connectivity index (χ2n) is 3.72. The summed E-state index contributed by atoms with van der Waals surface area (Å²) in [6.45, 7) is 4.16. The first-order valence-electron chi connectivity index (χ1n) is 4.93. The molecule has 0 aromatic carbocycles. The smallest absolute Gasteiger partial charge is 0.131 e. The number of anilines is 1. The van der Waals surface area contributed by atoms with E-state index in [2.05, 4.69) is 23.8 Å². The van der Waals surface area contributed by atoms with Crippen LogP contribution in [-0.4, -0.2) is 14.5 Å². The Kier molecular flexibility index (Phi) is 2.41. The predicted octanol–water partition coefficient (Wildman–Crippen LogP) is 2.11. The average Bonchev–Trinajstić information content (AvgIpc) is 2.61. The molecule has 0 aliphatic carbocycles. The minimum atomic E-state index is 0.327. The Labute approximate surface area is 88.8 Å². The summed E-state index contributed by atoms with van der Waals surface area (Å²) in [6.07, 6.45) is 5.25. The van der Waals surface area contributed by atoms with Gasteiger partial charge in [-0.25, -0.2) is 4.98 Å². The van der Waals surface area contributed by atoms with Crippen LogP contribution in [0.5, 0.6) is 0 Å². The van der Waals surface area contributed by atoms with Crippen molar-refractivity contribution >= 4 is 5.82 Å². The highest BCUT2D eigenvalue weighted by Gasteiger charge is 2.10. The molecule has 0 saturated heterocycles. The molecule has 0 radical (unpaired) electrons. The minimum Gasteiger partial charge on any atom is -0.383 e. The molecular weight excluding hydrogens is 188 g/mol. The van der Waals surface area contributed by atoms with Gasteiger partial charge in [-0.3, -0.25) is 4.98 Å². The van der Waals surface area contributed by atoms with E-state index in [1.165, 1.54) is 0 Å². The monoisotopic (exact) mass is 202 g/mol. The Morgan fingerprint density at radius 3 is 2.47 bits per heavy atom. The molecule has 0 aliphatic rings. The molecule has 0 aliphatic heterocycles. The van der Waals surface area contributed by atoms with Gasteiger partial charge in [-0.05, 0) is 26.0 Å². The van der Waals surface area contributed by atoms with Crippen LogP contribution in [-0.2, 0) is 0 Å². The van der Waals surface area contributed by atoms with Crippen molar-refractivity contribution in [1.82, 2.24) is 14.5 Å². The number of aromatic nitrogens is 3. The Bertz CT molecular complexity index is 445. The quantitative estimate of drug-likeness (QED) is 0.811. The van der Waals surface area contributed by atoms with Crippen LogP contribution in [0.4, 0.5) is 5.82 Å². The van der Waals surface area contributed by atoms with Gasteiger partial charge in [0.15, 0.2) is 0 Å². The number of imidazole rings is 1. The summed E-state index contributed by atoms with van der Waals surface area (Å²) in [4.78, 5) is 8.28. The third-order valence-corrected chi connectivity index (χ3v) is 2.34. The fourth-order valence-corrected chi connectivity index (χ4v) is 1.51. The van der Waals surface area contributed by atoms with Gasteiger partial charge < -0.3 is 10.3 Å². The van der Waals surface area contributed by atoms with E-state index in [4.69, 9.17) is 5.73 Å². The molecule has 0 amide bonds. The van der Waals surface area contributed by atoms with E-state index in [0.717, 1.165) is 11.3 Å². The molecule has 0 spiro atoms. The SMILES string of the molecule is CC(C)n1cnc(-c2ccncc2)c1N. The number of nitrogen functional groups attached to an aromatic ring is 1. The van der Waals surface area contributed by atoms with Crippen LogP contribution in [0.2, 0.25) is 0 Å². The van der Waals surface area contributed by atoms with Crippen molar-refractivity contribution in [1.29, 1.82) is 0 Å². The lowest BCUT2D eigenvalue weighted by molar-refractivity contribution is 0.607. The summed E-state index contributed by atoms with van der Waals surface area (Å²) in [7, 11) is 0. The fraction of sp³-hybridized carbons (Fsp3) is 0.273. The van der Waals surface area contributed by atoms with Crippen LogP contribution in [0.25, 0.3) is 11.3 Å². The summed E-state index contributed by atoms with van der Waals surface area (Å²) >= 11 is 0. The van der Waals surface area contributed by atoms with Crippen LogP contribution in [0.1, 0.15) is 19.9 Å². The van der Waals surface area contributed by atoms with Crippen LogP contribution < -0.4 is 5.73 Å². The first-order chi connectivity index (χ1) is 7.20. The standard InChI is InChI=1S/C11H14N4/c1-8(2)15-7-14-10(11(15)12)9-3-5-13-6-4-9/h3-8H,12H2,1-2H3. The van der Waals surface area contributed by atoms with Gasteiger partial charge in [0.1, 0.15) is 11.5 Å². The maximum atomic E-state index is 6.02. The second kappa shape index (κ2) is 3.73. The molecule has 0 bridgehead atoms. The number of nitrogens with two attached hydrogens (primary N) is 1. The Hall–Kier alpha value is -1.84. The van der Waals surface area contributed by atoms with Gasteiger partial charge in [0.05, 0.1) is 6.33 Å². The van der Waals surface area contributed by atoms with E-state index in [1.54, 1.807) is 18.7 Å². The number of pyridine rings is 1. The zero-order valence-corrected chi connectivity index (χ0v) is 8.88. The third kappa shape index (κ3) is 1.70. The van der Waals surface area contributed by atoms with Crippen LogP contribution >= 0.6 is 0 Å². The van der Waals surface area contributed by atoms with Gasteiger partial charge in [-0.2, -0.15) is 0 Å².